The highest BCUT2D eigenvalue weighted by Crippen LogP contribution is 2.73. The molecule has 4 aliphatic carbocycles. The minimum Gasteiger partial charge on any atom is -0.462 e. The Morgan fingerprint density at radius 2 is 0.836 bits per heavy atom. The van der Waals surface area contributed by atoms with Crippen molar-refractivity contribution in [3.05, 3.63) is 11.6 Å². The van der Waals surface area contributed by atoms with Gasteiger partial charge < -0.3 is 80.9 Å². The molecule has 110 heavy (non-hydrogen) atoms. The summed E-state index contributed by atoms with van der Waals surface area (Å²) in [5.41, 5.74) is -8.85. The second-order valence-electron chi connectivity index (χ2n) is 42.3. The molecular weight excluding hydrogens is 1420 g/mol. The molecule has 5 aliphatic heterocycles. The van der Waals surface area contributed by atoms with Crippen molar-refractivity contribution in [1.82, 2.24) is 0 Å². The highest BCUT2D eigenvalue weighted by molar-refractivity contribution is 5.80. The van der Waals surface area contributed by atoms with E-state index in [2.05, 4.69) is 33.8 Å². The fraction of sp³-hybridized carbons (Fsp3) is 0.882. The zero-order valence-electron chi connectivity index (χ0n) is 71.8. The largest absolute Gasteiger partial charge is 0.462 e. The van der Waals surface area contributed by atoms with E-state index in [0.717, 1.165) is 32.1 Å². The van der Waals surface area contributed by atoms with E-state index in [4.69, 9.17) is 75.8 Å². The van der Waals surface area contributed by atoms with Gasteiger partial charge in [-0.1, -0.05) is 39.3 Å². The molecule has 25 heteroatoms. The second kappa shape index (κ2) is 31.3. The van der Waals surface area contributed by atoms with Crippen molar-refractivity contribution in [2.75, 3.05) is 13.2 Å². The second-order valence-corrected chi connectivity index (χ2v) is 42.3. The van der Waals surface area contributed by atoms with E-state index in [-0.39, 0.29) is 40.4 Å². The topological polar surface area (TPSA) is 304 Å². The third-order valence-electron chi connectivity index (χ3n) is 24.3. The van der Waals surface area contributed by atoms with E-state index in [1.165, 1.54) is 5.57 Å². The molecule has 5 saturated heterocycles. The van der Waals surface area contributed by atoms with Gasteiger partial charge in [0.1, 0.15) is 18.8 Å². The molecule has 9 aliphatic rings. The van der Waals surface area contributed by atoms with E-state index in [1.807, 2.05) is 0 Å². The van der Waals surface area contributed by atoms with E-state index in [9.17, 15) is 38.7 Å². The molecule has 8 fully saturated rings. The Bertz CT molecular complexity index is 3400. The molecule has 26 atom stereocenters. The van der Waals surface area contributed by atoms with E-state index >= 15 is 4.79 Å². The van der Waals surface area contributed by atoms with Gasteiger partial charge >= 0.3 is 47.8 Å². The molecule has 0 amide bonds. The summed E-state index contributed by atoms with van der Waals surface area (Å²) < 4.78 is 108. The van der Waals surface area contributed by atoms with Crippen molar-refractivity contribution in [1.29, 1.82) is 0 Å². The summed E-state index contributed by atoms with van der Waals surface area (Å²) in [6.07, 6.45) is -16.6. The van der Waals surface area contributed by atoms with Crippen LogP contribution in [0.1, 0.15) is 265 Å². The monoisotopic (exact) mass is 1560 g/mol. The summed E-state index contributed by atoms with van der Waals surface area (Å²) >= 11 is 0. The number of allylic oxidation sites excluding steroid dienone is 1. The smallest absolute Gasteiger partial charge is 0.311 e. The molecule has 3 saturated carbocycles. The molecule has 0 bridgehead atoms. The summed E-state index contributed by atoms with van der Waals surface area (Å²) in [6.45, 7) is 51.4. The fourth-order valence-electron chi connectivity index (χ4n) is 17.4. The Balaban J connectivity index is 1.20. The van der Waals surface area contributed by atoms with Gasteiger partial charge in [0.25, 0.3) is 0 Å². The number of carbonyl (C=O) groups is 8. The Kier molecular flexibility index (Phi) is 25.3. The first-order valence-corrected chi connectivity index (χ1v) is 40.4. The van der Waals surface area contributed by atoms with Gasteiger partial charge in [-0.05, 0) is 259 Å². The van der Waals surface area contributed by atoms with Gasteiger partial charge in [-0.15, -0.1) is 0 Å². The summed E-state index contributed by atoms with van der Waals surface area (Å²) in [5.74, 6) is -7.33. The summed E-state index contributed by atoms with van der Waals surface area (Å²) in [7, 11) is 0. The zero-order chi connectivity index (χ0) is 82.7. The number of ether oxygens (including phenoxy) is 16. The average molecular weight is 1560 g/mol. The molecule has 1 spiro atoms. The number of fused-ring (bicyclic) bond motifs is 7. The van der Waals surface area contributed by atoms with Gasteiger partial charge in [-0.2, -0.15) is 0 Å². The lowest BCUT2D eigenvalue weighted by Crippen LogP contribution is -2.69. The van der Waals surface area contributed by atoms with E-state index in [0.29, 0.717) is 38.2 Å². The minimum atomic E-state index is -1.86. The molecule has 1 N–H and O–H groups in total. The van der Waals surface area contributed by atoms with Crippen molar-refractivity contribution in [3.63, 3.8) is 0 Å². The number of rotatable bonds is 15. The molecule has 0 aromatic carbocycles. The van der Waals surface area contributed by atoms with Crippen molar-refractivity contribution in [2.24, 2.45) is 89.7 Å². The van der Waals surface area contributed by atoms with Crippen LogP contribution in [0.25, 0.3) is 0 Å². The predicted molar refractivity (Wildman–Crippen MR) is 401 cm³/mol. The third kappa shape index (κ3) is 18.7. The molecule has 5 heterocycles. The zero-order valence-corrected chi connectivity index (χ0v) is 71.8. The van der Waals surface area contributed by atoms with Crippen LogP contribution in [0.4, 0.5) is 0 Å². The van der Waals surface area contributed by atoms with E-state index in [1.54, 1.807) is 180 Å². The molecule has 0 unspecified atom stereocenters. The average Bonchev–Trinajstić information content (AvgIpc) is 1.51. The lowest BCUT2D eigenvalue weighted by Gasteiger charge is -2.58. The first-order chi connectivity index (χ1) is 50.0. The van der Waals surface area contributed by atoms with Crippen LogP contribution in [0.3, 0.4) is 0 Å². The summed E-state index contributed by atoms with van der Waals surface area (Å²) in [4.78, 5) is 116. The van der Waals surface area contributed by atoms with Crippen LogP contribution < -0.4 is 0 Å². The van der Waals surface area contributed by atoms with Crippen molar-refractivity contribution in [3.8, 4) is 0 Å². The SMILES string of the molecule is C[C@@H]1CC[C@@]2(OC1)O[C@@]1(O)C[C@H]3[C@@H]4CC=C5C[C@@H](O[C@@H]6O[C@H](COC(=O)C(C)(C)C)[C@@H](O[C@@H]7O[C@@H](C)[C@H](OC(=O)C(C)(C)C)[C@@H](OC(=O)C(C)(C)C)[C@H]7OC(=O)C(C)(C)C)[C@H](OC(=O)C(C)(C)C)[C@H]6O[C@@H]6O[C@@H](C)[C@H](OC(=O)C(C)(C)C)[C@@H](OC(=O)C(C)(C)C)[C@H]6OC(=O)C(C)(C)C)CC[C@]5(C)[C@H]4CC[C@]3(C)[C@H]1[C@@H]2C. The maximum Gasteiger partial charge on any atom is 0.311 e. The number of hydrogen-bond acceptors (Lipinski definition) is 25. The molecule has 0 aromatic heterocycles. The Labute approximate surface area is 654 Å². The van der Waals surface area contributed by atoms with Crippen molar-refractivity contribution < 1.29 is 119 Å². The number of esters is 8. The van der Waals surface area contributed by atoms with Crippen LogP contribution >= 0.6 is 0 Å². The third-order valence-corrected chi connectivity index (χ3v) is 24.3. The molecular formula is C85H136O25. The van der Waals surface area contributed by atoms with Gasteiger partial charge in [-0.3, -0.25) is 38.4 Å². The molecule has 9 rings (SSSR count). The van der Waals surface area contributed by atoms with Crippen LogP contribution in [0, 0.1) is 89.7 Å². The van der Waals surface area contributed by atoms with Gasteiger partial charge in [-0.25, -0.2) is 0 Å². The Morgan fingerprint density at radius 3 is 1.25 bits per heavy atom. The van der Waals surface area contributed by atoms with Gasteiger partial charge in [0.05, 0.1) is 68.2 Å². The Hall–Kier alpha value is -4.86. The normalized spacial score (nSPS) is 39.1. The first-order valence-electron chi connectivity index (χ1n) is 40.4. The lowest BCUT2D eigenvalue weighted by atomic mass is 9.47. The van der Waals surface area contributed by atoms with Gasteiger partial charge in [0.15, 0.2) is 79.3 Å². The van der Waals surface area contributed by atoms with Crippen LogP contribution in [0.15, 0.2) is 11.6 Å². The molecule has 25 nitrogen and oxygen atoms in total. The maximum atomic E-state index is 15.4. The van der Waals surface area contributed by atoms with Crippen LogP contribution in [-0.2, 0) is 114 Å². The molecule has 626 valence electrons. The number of hydrogen-bond donors (Lipinski definition) is 1. The fourth-order valence-corrected chi connectivity index (χ4v) is 17.4. The quantitative estimate of drug-likeness (QED) is 0.0904. The highest BCUT2D eigenvalue weighted by atomic mass is 16.8. The minimum absolute atomic E-state index is 0.0152. The van der Waals surface area contributed by atoms with Crippen LogP contribution in [-0.4, -0.2) is 176 Å². The number of carbonyl (C=O) groups excluding carboxylic acids is 8. The van der Waals surface area contributed by atoms with Crippen molar-refractivity contribution in [2.45, 2.75) is 375 Å². The standard InChI is InChI=1S/C85H136O25/c1-43-33-38-85(96-41-43)44(2)62-83(30)37-35-50-49(51(83)40-84(62,94)110-85)32-31-47-39-48(34-36-82(47,50)29)99-65-59(102-64-61(109-73(93)81(26,27)28)57(106-70(90)78(17,18)19)54(46(4)98-64)104-68(88)76(11,12)13)58(107-71(91)79(20,21)22)55(52(100-65)42-95-66(86)74(5,6)7)101-63-60(108-72(92)80(23,24)25)56(105-69(89)77(14,15)16)53(45(3)97-63)103-67(87)75(8,9)10/h31,43-46,48-65,94H,32-42H2,1-30H3/t43-,44+,45+,46+,48+,49-,50+,51+,52-,53+,54+,55-,56-,57-,58+,59-,60-,61-,62-,63+,64+,65-,82+,83+,84+,85-/m1/s1. The van der Waals surface area contributed by atoms with Crippen LogP contribution in [0.5, 0.6) is 0 Å². The summed E-state index contributed by atoms with van der Waals surface area (Å²) in [5, 5.41) is 12.8. The first kappa shape index (κ1) is 89.1. The van der Waals surface area contributed by atoms with Crippen LogP contribution in [0.2, 0.25) is 0 Å². The maximum absolute atomic E-state index is 15.4. The molecule has 0 radical (unpaired) electrons. The van der Waals surface area contributed by atoms with Crippen molar-refractivity contribution >= 4 is 47.8 Å². The number of aliphatic hydroxyl groups is 1. The highest BCUT2D eigenvalue weighted by Gasteiger charge is 2.75. The Morgan fingerprint density at radius 1 is 0.445 bits per heavy atom. The lowest BCUT2D eigenvalue weighted by molar-refractivity contribution is -0.390. The van der Waals surface area contributed by atoms with Gasteiger partial charge in [0, 0.05) is 24.7 Å². The van der Waals surface area contributed by atoms with Gasteiger partial charge in [0.2, 0.25) is 0 Å². The van der Waals surface area contributed by atoms with E-state index < -0.39 is 207 Å². The summed E-state index contributed by atoms with van der Waals surface area (Å²) in [6, 6.07) is 0. The predicted octanol–water partition coefficient (Wildman–Crippen LogP) is 13.3. The molecule has 0 aromatic rings.